The summed E-state index contributed by atoms with van der Waals surface area (Å²) >= 11 is 0. The van der Waals surface area contributed by atoms with E-state index in [-0.39, 0.29) is 11.1 Å². The van der Waals surface area contributed by atoms with E-state index in [2.05, 4.69) is 17.6 Å². The molecule has 0 fully saturated rings. The number of benzene rings is 3. The van der Waals surface area contributed by atoms with Gasteiger partial charge in [0, 0.05) is 0 Å². The largest absolute Gasteiger partial charge is 0.493 e. The summed E-state index contributed by atoms with van der Waals surface area (Å²) in [7, 11) is 1.51. The Hall–Kier alpha value is -3.94. The molecule has 0 aliphatic heterocycles. The van der Waals surface area contributed by atoms with Crippen LogP contribution in [0, 0.1) is 11.6 Å². The van der Waals surface area contributed by atoms with E-state index in [1.54, 1.807) is 18.2 Å². The summed E-state index contributed by atoms with van der Waals surface area (Å²) in [6, 6.07) is 15.9. The zero-order chi connectivity index (χ0) is 26.6. The van der Waals surface area contributed by atoms with Gasteiger partial charge in [-0.3, -0.25) is 9.59 Å². The maximum Gasteiger partial charge on any atom is 0.256 e. The molecular weight excluding hydrogens is 478 g/mol. The first-order valence-electron chi connectivity index (χ1n) is 12.4. The molecule has 0 bridgehead atoms. The molecule has 8 heteroatoms. The minimum Gasteiger partial charge on any atom is -0.493 e. The van der Waals surface area contributed by atoms with E-state index in [1.807, 2.05) is 0 Å². The fourth-order valence-electron chi connectivity index (χ4n) is 3.78. The Morgan fingerprint density at radius 2 is 1.35 bits per heavy atom. The van der Waals surface area contributed by atoms with Crippen LogP contribution in [0.2, 0.25) is 0 Å². The van der Waals surface area contributed by atoms with E-state index < -0.39 is 29.6 Å². The summed E-state index contributed by atoms with van der Waals surface area (Å²) in [5.74, 6) is -1.99. The summed E-state index contributed by atoms with van der Waals surface area (Å²) in [6.45, 7) is 2.62. The number of carbonyl (C=O) groups is 2. The molecule has 3 aromatic rings. The van der Waals surface area contributed by atoms with Gasteiger partial charge in [-0.1, -0.05) is 62.9 Å². The molecule has 0 aliphatic carbocycles. The number of ether oxygens (including phenoxy) is 2. The van der Waals surface area contributed by atoms with Gasteiger partial charge in [0.15, 0.2) is 11.5 Å². The van der Waals surface area contributed by atoms with Crippen LogP contribution in [0.25, 0.3) is 0 Å². The fraction of sp³-hybridized carbons (Fsp3) is 0.310. The molecule has 3 aromatic carbocycles. The second-order valence-electron chi connectivity index (χ2n) is 8.51. The number of nitrogens with one attached hydrogen (secondary N) is 2. The van der Waals surface area contributed by atoms with Crippen LogP contribution < -0.4 is 20.1 Å². The van der Waals surface area contributed by atoms with Gasteiger partial charge in [-0.15, -0.1) is 0 Å². The van der Waals surface area contributed by atoms with Crippen molar-refractivity contribution in [2.24, 2.45) is 0 Å². The SMILES string of the molecule is CCCCCCCOc1cc(C(NC(=O)c2ccccc2F)NC(=O)c2ccccc2F)ccc1OC. The quantitative estimate of drug-likeness (QED) is 0.213. The Morgan fingerprint density at radius 3 is 1.89 bits per heavy atom. The molecule has 0 saturated carbocycles. The predicted octanol–water partition coefficient (Wildman–Crippen LogP) is 6.18. The molecule has 2 N–H and O–H groups in total. The molecule has 37 heavy (non-hydrogen) atoms. The van der Waals surface area contributed by atoms with Gasteiger partial charge < -0.3 is 20.1 Å². The molecule has 0 unspecified atom stereocenters. The molecule has 0 atom stereocenters. The Bertz CT molecular complexity index is 1140. The standard InChI is InChI=1S/C29H32F2N2O4/c1-3-4-5-6-11-18-37-26-19-20(16-17-25(26)36-2)27(32-28(34)21-12-7-9-14-23(21)30)33-29(35)22-13-8-10-15-24(22)31/h7-10,12-17,19,27H,3-6,11,18H2,1-2H3,(H,32,34)(H,33,35). The number of hydrogen-bond acceptors (Lipinski definition) is 4. The number of carbonyl (C=O) groups excluding carboxylic acids is 2. The second-order valence-corrected chi connectivity index (χ2v) is 8.51. The average molecular weight is 511 g/mol. The molecule has 3 rings (SSSR count). The lowest BCUT2D eigenvalue weighted by Gasteiger charge is -2.22. The van der Waals surface area contributed by atoms with E-state index in [4.69, 9.17) is 9.47 Å². The van der Waals surface area contributed by atoms with Gasteiger partial charge in [0.25, 0.3) is 11.8 Å². The molecule has 0 saturated heterocycles. The fourth-order valence-corrected chi connectivity index (χ4v) is 3.78. The second kappa shape index (κ2) is 14.0. The zero-order valence-corrected chi connectivity index (χ0v) is 21.1. The molecule has 0 aromatic heterocycles. The zero-order valence-electron chi connectivity index (χ0n) is 21.1. The van der Waals surface area contributed by atoms with E-state index in [0.29, 0.717) is 23.7 Å². The van der Waals surface area contributed by atoms with Gasteiger partial charge in [0.2, 0.25) is 0 Å². The Balaban J connectivity index is 1.86. The topological polar surface area (TPSA) is 76.7 Å². The lowest BCUT2D eigenvalue weighted by Crippen LogP contribution is -2.41. The molecule has 0 heterocycles. The van der Waals surface area contributed by atoms with E-state index >= 15 is 0 Å². The van der Waals surface area contributed by atoms with Crippen LogP contribution in [-0.4, -0.2) is 25.5 Å². The van der Waals surface area contributed by atoms with Crippen molar-refractivity contribution in [3.05, 3.63) is 95.1 Å². The molecule has 6 nitrogen and oxygen atoms in total. The van der Waals surface area contributed by atoms with Crippen LogP contribution in [0.1, 0.15) is 71.5 Å². The molecule has 2 amide bonds. The minimum atomic E-state index is -1.11. The van der Waals surface area contributed by atoms with Gasteiger partial charge in [0.1, 0.15) is 17.8 Å². The Kier molecular flexibility index (Phi) is 10.4. The van der Waals surface area contributed by atoms with Crippen LogP contribution in [0.3, 0.4) is 0 Å². The van der Waals surface area contributed by atoms with Gasteiger partial charge >= 0.3 is 0 Å². The maximum atomic E-state index is 14.3. The predicted molar refractivity (Wildman–Crippen MR) is 138 cm³/mol. The summed E-state index contributed by atoms with van der Waals surface area (Å²) in [4.78, 5) is 25.8. The van der Waals surface area contributed by atoms with E-state index in [1.165, 1.54) is 62.1 Å². The smallest absolute Gasteiger partial charge is 0.256 e. The normalized spacial score (nSPS) is 10.7. The number of methoxy groups -OCH3 is 1. The molecular formula is C29H32F2N2O4. The summed E-state index contributed by atoms with van der Waals surface area (Å²) < 4.78 is 39.9. The van der Waals surface area contributed by atoms with Crippen molar-refractivity contribution in [1.82, 2.24) is 10.6 Å². The van der Waals surface area contributed by atoms with Gasteiger partial charge in [0.05, 0.1) is 24.8 Å². The summed E-state index contributed by atoms with van der Waals surface area (Å²) in [6.07, 6.45) is 4.24. The molecule has 196 valence electrons. The third-order valence-electron chi connectivity index (χ3n) is 5.81. The molecule has 0 aliphatic rings. The highest BCUT2D eigenvalue weighted by Gasteiger charge is 2.23. The number of halogens is 2. The lowest BCUT2D eigenvalue weighted by atomic mass is 10.1. The number of amides is 2. The summed E-state index contributed by atoms with van der Waals surface area (Å²) in [5, 5.41) is 5.27. The Labute approximate surface area is 216 Å². The van der Waals surface area contributed by atoms with Crippen molar-refractivity contribution < 1.29 is 27.8 Å². The van der Waals surface area contributed by atoms with E-state index in [0.717, 1.165) is 25.7 Å². The summed E-state index contributed by atoms with van der Waals surface area (Å²) in [5.41, 5.74) is 0.0607. The van der Waals surface area contributed by atoms with Crippen molar-refractivity contribution in [2.75, 3.05) is 13.7 Å². The third-order valence-corrected chi connectivity index (χ3v) is 5.81. The third kappa shape index (κ3) is 7.77. The van der Waals surface area contributed by atoms with Crippen LogP contribution in [0.15, 0.2) is 66.7 Å². The number of hydrogen-bond donors (Lipinski definition) is 2. The first-order valence-corrected chi connectivity index (χ1v) is 12.4. The average Bonchev–Trinajstić information content (AvgIpc) is 2.90. The number of rotatable bonds is 13. The van der Waals surface area contributed by atoms with Crippen molar-refractivity contribution in [3.63, 3.8) is 0 Å². The van der Waals surface area contributed by atoms with Gasteiger partial charge in [-0.2, -0.15) is 0 Å². The first kappa shape index (κ1) is 27.6. The van der Waals surface area contributed by atoms with Gasteiger partial charge in [-0.25, -0.2) is 8.78 Å². The van der Waals surface area contributed by atoms with Crippen LogP contribution in [0.5, 0.6) is 11.5 Å². The number of unbranched alkanes of at least 4 members (excludes halogenated alkanes) is 4. The van der Waals surface area contributed by atoms with Crippen molar-refractivity contribution in [3.8, 4) is 11.5 Å². The monoisotopic (exact) mass is 510 g/mol. The first-order chi connectivity index (χ1) is 17.9. The van der Waals surface area contributed by atoms with Crippen molar-refractivity contribution in [1.29, 1.82) is 0 Å². The van der Waals surface area contributed by atoms with Gasteiger partial charge in [-0.05, 0) is 48.4 Å². The van der Waals surface area contributed by atoms with Crippen LogP contribution in [-0.2, 0) is 0 Å². The minimum absolute atomic E-state index is 0.190. The highest BCUT2D eigenvalue weighted by Crippen LogP contribution is 2.30. The van der Waals surface area contributed by atoms with Crippen molar-refractivity contribution in [2.45, 2.75) is 45.2 Å². The molecule has 0 radical (unpaired) electrons. The maximum absolute atomic E-state index is 14.3. The van der Waals surface area contributed by atoms with E-state index in [9.17, 15) is 18.4 Å². The van der Waals surface area contributed by atoms with Crippen molar-refractivity contribution >= 4 is 11.8 Å². The highest BCUT2D eigenvalue weighted by molar-refractivity contribution is 5.97. The highest BCUT2D eigenvalue weighted by atomic mass is 19.1. The van der Waals surface area contributed by atoms with Crippen LogP contribution in [0.4, 0.5) is 8.78 Å². The molecule has 0 spiro atoms. The van der Waals surface area contributed by atoms with Crippen LogP contribution >= 0.6 is 0 Å². The lowest BCUT2D eigenvalue weighted by molar-refractivity contribution is 0.0879. The Morgan fingerprint density at radius 1 is 0.784 bits per heavy atom.